The molecule has 6 bridgehead atoms. The summed E-state index contributed by atoms with van der Waals surface area (Å²) in [5, 5.41) is 0. The van der Waals surface area contributed by atoms with Crippen LogP contribution < -0.4 is 0 Å². The molecule has 0 aromatic heterocycles. The van der Waals surface area contributed by atoms with Gasteiger partial charge in [0.25, 0.3) is 0 Å². The third-order valence-electron chi connectivity index (χ3n) is 7.66. The van der Waals surface area contributed by atoms with Crippen LogP contribution >= 0.6 is 0 Å². The van der Waals surface area contributed by atoms with Crippen LogP contribution in [0.3, 0.4) is 0 Å². The van der Waals surface area contributed by atoms with E-state index < -0.39 is 0 Å². The van der Waals surface area contributed by atoms with E-state index in [1.54, 1.807) is 0 Å². The second-order valence-electron chi connectivity index (χ2n) is 8.80. The molecule has 0 heterocycles. The van der Waals surface area contributed by atoms with E-state index in [-0.39, 0.29) is 17.5 Å². The lowest BCUT2D eigenvalue weighted by Gasteiger charge is -2.59. The highest BCUT2D eigenvalue weighted by Crippen LogP contribution is 2.60. The molecule has 3 atom stereocenters. The number of rotatable bonds is 2. The van der Waals surface area contributed by atoms with Gasteiger partial charge >= 0.3 is 5.97 Å². The van der Waals surface area contributed by atoms with E-state index in [1.165, 1.54) is 38.5 Å². The number of allylic oxidation sites excluding steroid dienone is 2. The van der Waals surface area contributed by atoms with E-state index in [4.69, 9.17) is 4.74 Å². The minimum absolute atomic E-state index is 0.127. The largest absolute Gasteiger partial charge is 0.459 e. The molecule has 6 rings (SSSR count). The number of carbonyl (C=O) groups is 1. The minimum Gasteiger partial charge on any atom is -0.459 e. The summed E-state index contributed by atoms with van der Waals surface area (Å²) >= 11 is 0. The Balaban J connectivity index is 1.35. The maximum absolute atomic E-state index is 12.8. The van der Waals surface area contributed by atoms with Crippen molar-refractivity contribution in [3.05, 3.63) is 12.2 Å². The fourth-order valence-electron chi connectivity index (χ4n) is 6.63. The molecule has 2 nitrogen and oxygen atoms in total. The van der Waals surface area contributed by atoms with Gasteiger partial charge < -0.3 is 4.74 Å². The molecule has 0 saturated heterocycles. The Morgan fingerprint density at radius 1 is 0.952 bits per heavy atom. The van der Waals surface area contributed by atoms with Crippen molar-refractivity contribution < 1.29 is 9.53 Å². The maximum atomic E-state index is 12.8. The van der Waals surface area contributed by atoms with Crippen molar-refractivity contribution in [3.8, 4) is 0 Å². The first-order chi connectivity index (χ1) is 10.1. The Hall–Kier alpha value is -0.790. The fraction of sp³-hybridized carbons (Fsp3) is 0.842. The Morgan fingerprint density at radius 3 is 2.14 bits per heavy atom. The zero-order valence-corrected chi connectivity index (χ0v) is 13.0. The third kappa shape index (κ3) is 1.74. The summed E-state index contributed by atoms with van der Waals surface area (Å²) in [6.45, 7) is 2.26. The van der Waals surface area contributed by atoms with E-state index in [1.807, 2.05) is 0 Å². The molecule has 0 spiro atoms. The highest BCUT2D eigenvalue weighted by Gasteiger charge is 2.57. The van der Waals surface area contributed by atoms with Crippen molar-refractivity contribution in [3.63, 3.8) is 0 Å². The van der Waals surface area contributed by atoms with Gasteiger partial charge in [-0.3, -0.25) is 4.79 Å². The van der Waals surface area contributed by atoms with Crippen molar-refractivity contribution in [2.75, 3.05) is 0 Å². The lowest BCUT2D eigenvalue weighted by molar-refractivity contribution is -0.207. The van der Waals surface area contributed by atoms with Crippen molar-refractivity contribution in [2.24, 2.45) is 41.4 Å². The molecule has 6 aliphatic carbocycles. The molecule has 2 heteroatoms. The van der Waals surface area contributed by atoms with Gasteiger partial charge in [0.1, 0.15) is 5.60 Å². The number of hydrogen-bond acceptors (Lipinski definition) is 2. The number of carbonyl (C=O) groups excluding carboxylic acids is 1. The van der Waals surface area contributed by atoms with Crippen molar-refractivity contribution in [1.82, 2.24) is 0 Å². The van der Waals surface area contributed by atoms with Crippen LogP contribution in [-0.2, 0) is 9.53 Å². The summed E-state index contributed by atoms with van der Waals surface area (Å²) in [6.07, 6.45) is 13.5. The van der Waals surface area contributed by atoms with Crippen LogP contribution in [0.2, 0.25) is 0 Å². The van der Waals surface area contributed by atoms with Gasteiger partial charge in [-0.25, -0.2) is 0 Å². The van der Waals surface area contributed by atoms with Crippen LogP contribution in [0.15, 0.2) is 12.2 Å². The summed E-state index contributed by atoms with van der Waals surface area (Å²) in [7, 11) is 0. The number of ether oxygens (including phenoxy) is 1. The molecule has 5 fully saturated rings. The van der Waals surface area contributed by atoms with Crippen molar-refractivity contribution in [1.29, 1.82) is 0 Å². The van der Waals surface area contributed by atoms with Crippen LogP contribution in [0, 0.1) is 41.4 Å². The summed E-state index contributed by atoms with van der Waals surface area (Å²) in [4.78, 5) is 12.8. The van der Waals surface area contributed by atoms with E-state index in [9.17, 15) is 4.79 Å². The van der Waals surface area contributed by atoms with Crippen LogP contribution in [0.1, 0.15) is 51.9 Å². The van der Waals surface area contributed by atoms with Gasteiger partial charge in [-0.2, -0.15) is 0 Å². The zero-order valence-electron chi connectivity index (χ0n) is 13.0. The molecule has 0 amide bonds. The summed E-state index contributed by atoms with van der Waals surface area (Å²) in [6, 6.07) is 0. The normalized spacial score (nSPS) is 56.1. The molecular weight excluding hydrogens is 260 g/mol. The molecule has 5 saturated carbocycles. The van der Waals surface area contributed by atoms with E-state index in [2.05, 4.69) is 19.1 Å². The van der Waals surface area contributed by atoms with E-state index in [0.717, 1.165) is 18.3 Å². The summed E-state index contributed by atoms with van der Waals surface area (Å²) < 4.78 is 6.28. The predicted octanol–water partition coefficient (Wildman–Crippen LogP) is 3.96. The molecule has 0 aromatic rings. The lowest BCUT2D eigenvalue weighted by Crippen LogP contribution is -2.58. The van der Waals surface area contributed by atoms with Gasteiger partial charge in [0.2, 0.25) is 0 Å². The van der Waals surface area contributed by atoms with Gasteiger partial charge in [-0.15, -0.1) is 0 Å². The second kappa shape index (κ2) is 4.14. The first-order valence-electron chi connectivity index (χ1n) is 9.03. The Bertz CT molecular complexity index is 478. The molecule has 2 unspecified atom stereocenters. The topological polar surface area (TPSA) is 26.3 Å². The standard InChI is InChI=1S/C19H26O2/c1-19(15-6-12-4-13(8-15)9-16(19)7-12)21-18(20)17-10-11-2-3-14(17)5-11/h2-3,11-17H,4-10H2,1H3/t11-,12?,13?,14?,15?,16?,17?,19?/m0/s1. The quantitative estimate of drug-likeness (QED) is 0.567. The Kier molecular flexibility index (Phi) is 2.51. The molecule has 21 heavy (non-hydrogen) atoms. The zero-order chi connectivity index (χ0) is 14.2. The van der Waals surface area contributed by atoms with Gasteiger partial charge in [-0.05, 0) is 87.4 Å². The molecular formula is C19H26O2. The second-order valence-corrected chi connectivity index (χ2v) is 8.80. The molecule has 0 aromatic carbocycles. The lowest BCUT2D eigenvalue weighted by atomic mass is 9.50. The highest BCUT2D eigenvalue weighted by atomic mass is 16.6. The molecule has 0 radical (unpaired) electrons. The van der Waals surface area contributed by atoms with Gasteiger partial charge in [0.05, 0.1) is 5.92 Å². The van der Waals surface area contributed by atoms with Gasteiger partial charge in [-0.1, -0.05) is 12.2 Å². The highest BCUT2D eigenvalue weighted by molar-refractivity contribution is 5.74. The first kappa shape index (κ1) is 12.7. The van der Waals surface area contributed by atoms with Crippen LogP contribution in [0.5, 0.6) is 0 Å². The van der Waals surface area contributed by atoms with Crippen molar-refractivity contribution in [2.45, 2.75) is 57.5 Å². The molecule has 0 N–H and O–H groups in total. The van der Waals surface area contributed by atoms with Crippen LogP contribution in [0.25, 0.3) is 0 Å². The molecule has 0 aliphatic heterocycles. The SMILES string of the molecule is CC1(OC(=O)C2C[C@H]3C=CC2C3)C2CC3CC(C2)CC1C3. The first-order valence-corrected chi connectivity index (χ1v) is 9.03. The van der Waals surface area contributed by atoms with Crippen LogP contribution in [0.4, 0.5) is 0 Å². The van der Waals surface area contributed by atoms with Crippen molar-refractivity contribution >= 4 is 5.97 Å². The molecule has 6 aliphatic rings. The summed E-state index contributed by atoms with van der Waals surface area (Å²) in [5.74, 6) is 4.57. The van der Waals surface area contributed by atoms with Gasteiger partial charge in [0.15, 0.2) is 0 Å². The Morgan fingerprint density at radius 2 is 1.62 bits per heavy atom. The number of esters is 1. The predicted molar refractivity (Wildman–Crippen MR) is 80.4 cm³/mol. The third-order valence-corrected chi connectivity index (χ3v) is 7.66. The van der Waals surface area contributed by atoms with Gasteiger partial charge in [0, 0.05) is 0 Å². The minimum atomic E-state index is -0.143. The summed E-state index contributed by atoms with van der Waals surface area (Å²) in [5.41, 5.74) is -0.143. The maximum Gasteiger partial charge on any atom is 0.310 e. The fourth-order valence-corrected chi connectivity index (χ4v) is 6.63. The average Bonchev–Trinajstić information content (AvgIpc) is 3.07. The van der Waals surface area contributed by atoms with E-state index >= 15 is 0 Å². The number of hydrogen-bond donors (Lipinski definition) is 0. The average molecular weight is 286 g/mol. The molecule has 114 valence electrons. The monoisotopic (exact) mass is 286 g/mol. The van der Waals surface area contributed by atoms with E-state index in [0.29, 0.717) is 23.7 Å². The Labute approximate surface area is 127 Å². The van der Waals surface area contributed by atoms with Crippen LogP contribution in [-0.4, -0.2) is 11.6 Å². The number of fused-ring (bicyclic) bond motifs is 2. The smallest absolute Gasteiger partial charge is 0.310 e.